The van der Waals surface area contributed by atoms with E-state index in [1.165, 1.54) is 36.9 Å². The summed E-state index contributed by atoms with van der Waals surface area (Å²) >= 11 is 0. The third-order valence-corrected chi connectivity index (χ3v) is 4.98. The van der Waals surface area contributed by atoms with E-state index < -0.39 is 0 Å². The highest BCUT2D eigenvalue weighted by Crippen LogP contribution is 2.43. The molecule has 0 radical (unpaired) electrons. The minimum Gasteiger partial charge on any atom is -0.384 e. The van der Waals surface area contributed by atoms with E-state index in [-0.39, 0.29) is 0 Å². The molecule has 1 aliphatic rings. The molecule has 24 heavy (non-hydrogen) atoms. The Kier molecular flexibility index (Phi) is 3.84. The Bertz CT molecular complexity index is 848. The van der Waals surface area contributed by atoms with Gasteiger partial charge < -0.3 is 11.1 Å². The predicted molar refractivity (Wildman–Crippen MR) is 99.1 cm³/mol. The van der Waals surface area contributed by atoms with E-state index in [1.54, 1.807) is 6.20 Å². The van der Waals surface area contributed by atoms with Gasteiger partial charge in [-0.05, 0) is 37.8 Å². The van der Waals surface area contributed by atoms with Crippen LogP contribution in [0.5, 0.6) is 0 Å². The number of nitrogens with zero attached hydrogens (tertiary/aromatic N) is 2. The zero-order valence-electron chi connectivity index (χ0n) is 14.0. The fourth-order valence-corrected chi connectivity index (χ4v) is 3.88. The maximum Gasteiger partial charge on any atom is 0.129 e. The Hall–Kier alpha value is -2.56. The van der Waals surface area contributed by atoms with Crippen LogP contribution >= 0.6 is 0 Å². The summed E-state index contributed by atoms with van der Waals surface area (Å²) in [4.78, 5) is 4.74. The second-order valence-corrected chi connectivity index (χ2v) is 6.50. The van der Waals surface area contributed by atoms with Gasteiger partial charge in [-0.2, -0.15) is 5.10 Å². The molecule has 1 fully saturated rings. The van der Waals surface area contributed by atoms with Crippen molar-refractivity contribution in [3.8, 4) is 11.3 Å². The fourth-order valence-electron chi connectivity index (χ4n) is 3.88. The lowest BCUT2D eigenvalue weighted by molar-refractivity contribution is 0.725. The van der Waals surface area contributed by atoms with Gasteiger partial charge in [0.25, 0.3) is 0 Å². The van der Waals surface area contributed by atoms with E-state index in [1.807, 2.05) is 6.07 Å². The van der Waals surface area contributed by atoms with Crippen molar-refractivity contribution in [2.75, 3.05) is 17.6 Å². The molecule has 0 aliphatic heterocycles. The lowest BCUT2D eigenvalue weighted by Gasteiger charge is -2.20. The smallest absolute Gasteiger partial charge is 0.129 e. The zero-order chi connectivity index (χ0) is 16.5. The molecule has 4 N–H and O–H groups in total. The van der Waals surface area contributed by atoms with E-state index in [4.69, 9.17) is 10.7 Å². The van der Waals surface area contributed by atoms with Gasteiger partial charge in [-0.1, -0.05) is 25.0 Å². The molecular weight excluding hydrogens is 298 g/mol. The molecule has 1 aliphatic carbocycles. The molecule has 3 aromatic rings. The summed E-state index contributed by atoms with van der Waals surface area (Å²) in [5.41, 5.74) is 11.8. The summed E-state index contributed by atoms with van der Waals surface area (Å²) in [5, 5.41) is 11.7. The van der Waals surface area contributed by atoms with Crippen LogP contribution in [-0.4, -0.2) is 21.7 Å². The quantitative estimate of drug-likeness (QED) is 0.669. The first-order valence-corrected chi connectivity index (χ1v) is 8.74. The van der Waals surface area contributed by atoms with Crippen LogP contribution in [0.25, 0.3) is 22.2 Å². The highest BCUT2D eigenvalue weighted by atomic mass is 15.1. The van der Waals surface area contributed by atoms with E-state index >= 15 is 0 Å². The number of hydrogen-bond acceptors (Lipinski definition) is 4. The van der Waals surface area contributed by atoms with Crippen molar-refractivity contribution in [2.24, 2.45) is 0 Å². The van der Waals surface area contributed by atoms with Crippen molar-refractivity contribution in [1.29, 1.82) is 0 Å². The lowest BCUT2D eigenvalue weighted by Crippen LogP contribution is -2.09. The summed E-state index contributed by atoms with van der Waals surface area (Å²) < 4.78 is 0. The molecule has 5 nitrogen and oxygen atoms in total. The first-order chi connectivity index (χ1) is 11.8. The molecule has 1 saturated carbocycles. The van der Waals surface area contributed by atoms with Gasteiger partial charge in [-0.25, -0.2) is 4.98 Å². The third-order valence-electron chi connectivity index (χ3n) is 4.98. The lowest BCUT2D eigenvalue weighted by atomic mass is 9.93. The molecule has 0 spiro atoms. The standard InChI is InChI=1S/C19H23N5/c1-2-21-18-14-8-7-13(15-9-10-22-24-15)11-16(14)23-19(20)17(18)12-5-3-4-6-12/h7-12H,2-6H2,1H3,(H,22,24)(H3,20,21,23). The number of aromatic nitrogens is 3. The van der Waals surface area contributed by atoms with Gasteiger partial charge in [0.05, 0.1) is 16.9 Å². The predicted octanol–water partition coefficient (Wildman–Crippen LogP) is 4.30. The Labute approximate surface area is 141 Å². The Morgan fingerprint density at radius 3 is 2.79 bits per heavy atom. The number of anilines is 2. The summed E-state index contributed by atoms with van der Waals surface area (Å²) in [6.45, 7) is 3.00. The molecule has 0 amide bonds. The van der Waals surface area contributed by atoms with Crippen molar-refractivity contribution < 1.29 is 0 Å². The van der Waals surface area contributed by atoms with Crippen LogP contribution in [0.4, 0.5) is 11.5 Å². The Morgan fingerprint density at radius 1 is 1.25 bits per heavy atom. The van der Waals surface area contributed by atoms with Crippen LogP contribution in [0.15, 0.2) is 30.5 Å². The van der Waals surface area contributed by atoms with Crippen LogP contribution in [0.2, 0.25) is 0 Å². The monoisotopic (exact) mass is 321 g/mol. The number of H-pyrrole nitrogens is 1. The number of nitrogens with two attached hydrogens (primary N) is 1. The number of nitrogen functional groups attached to an aromatic ring is 1. The van der Waals surface area contributed by atoms with Crippen molar-refractivity contribution in [3.05, 3.63) is 36.0 Å². The summed E-state index contributed by atoms with van der Waals surface area (Å²) in [7, 11) is 0. The van der Waals surface area contributed by atoms with E-state index in [0.717, 1.165) is 28.7 Å². The van der Waals surface area contributed by atoms with Gasteiger partial charge in [0.15, 0.2) is 0 Å². The van der Waals surface area contributed by atoms with Crippen LogP contribution in [0, 0.1) is 0 Å². The fraction of sp³-hybridized carbons (Fsp3) is 0.368. The summed E-state index contributed by atoms with van der Waals surface area (Å²) in [6, 6.07) is 8.31. The normalized spacial score (nSPS) is 15.2. The van der Waals surface area contributed by atoms with Gasteiger partial charge in [-0.15, -0.1) is 0 Å². The van der Waals surface area contributed by atoms with E-state index in [0.29, 0.717) is 11.7 Å². The van der Waals surface area contributed by atoms with Crippen LogP contribution in [-0.2, 0) is 0 Å². The summed E-state index contributed by atoms with van der Waals surface area (Å²) in [6.07, 6.45) is 6.75. The average molecular weight is 321 g/mol. The highest BCUT2D eigenvalue weighted by molar-refractivity contribution is 5.97. The Balaban J connectivity index is 1.90. The third kappa shape index (κ3) is 2.50. The number of aromatic amines is 1. The molecule has 2 heterocycles. The van der Waals surface area contributed by atoms with Crippen molar-refractivity contribution >= 4 is 22.4 Å². The molecule has 4 rings (SSSR count). The largest absolute Gasteiger partial charge is 0.384 e. The zero-order valence-corrected chi connectivity index (χ0v) is 14.0. The maximum atomic E-state index is 6.40. The maximum absolute atomic E-state index is 6.40. The average Bonchev–Trinajstić information content (AvgIpc) is 3.28. The Morgan fingerprint density at radius 2 is 2.08 bits per heavy atom. The van der Waals surface area contributed by atoms with Gasteiger partial charge in [0.1, 0.15) is 5.82 Å². The number of benzene rings is 1. The van der Waals surface area contributed by atoms with Gasteiger partial charge >= 0.3 is 0 Å². The van der Waals surface area contributed by atoms with Gasteiger partial charge in [0.2, 0.25) is 0 Å². The minimum atomic E-state index is 0.531. The van der Waals surface area contributed by atoms with Gasteiger partial charge in [0, 0.05) is 29.3 Å². The number of hydrogen-bond donors (Lipinski definition) is 3. The molecule has 0 unspecified atom stereocenters. The number of fused-ring (bicyclic) bond motifs is 1. The first-order valence-electron chi connectivity index (χ1n) is 8.74. The number of pyridine rings is 1. The molecule has 1 aromatic carbocycles. The molecule has 5 heteroatoms. The summed E-state index contributed by atoms with van der Waals surface area (Å²) in [5.74, 6) is 1.20. The minimum absolute atomic E-state index is 0.531. The van der Waals surface area contributed by atoms with Crippen molar-refractivity contribution in [2.45, 2.75) is 38.5 Å². The molecule has 2 aromatic heterocycles. The van der Waals surface area contributed by atoms with Gasteiger partial charge in [-0.3, -0.25) is 5.10 Å². The number of nitrogens with one attached hydrogen (secondary N) is 2. The molecule has 0 atom stereocenters. The molecule has 0 saturated heterocycles. The van der Waals surface area contributed by atoms with Crippen LogP contribution in [0.1, 0.15) is 44.1 Å². The molecule has 0 bridgehead atoms. The van der Waals surface area contributed by atoms with E-state index in [2.05, 4.69) is 40.6 Å². The van der Waals surface area contributed by atoms with Crippen LogP contribution < -0.4 is 11.1 Å². The molecular formula is C19H23N5. The van der Waals surface area contributed by atoms with Crippen molar-refractivity contribution in [3.63, 3.8) is 0 Å². The van der Waals surface area contributed by atoms with E-state index in [9.17, 15) is 0 Å². The first kappa shape index (κ1) is 15.0. The topological polar surface area (TPSA) is 79.6 Å². The highest BCUT2D eigenvalue weighted by Gasteiger charge is 2.24. The second-order valence-electron chi connectivity index (χ2n) is 6.50. The second kappa shape index (κ2) is 6.15. The van der Waals surface area contributed by atoms with Crippen LogP contribution in [0.3, 0.4) is 0 Å². The SMILES string of the molecule is CCNc1c(C2CCCC2)c(N)nc2cc(-c3ccn[nH]3)ccc12. The molecule has 124 valence electrons. The number of rotatable bonds is 4. The van der Waals surface area contributed by atoms with Crippen molar-refractivity contribution in [1.82, 2.24) is 15.2 Å².